The van der Waals surface area contributed by atoms with Crippen molar-refractivity contribution in [1.29, 1.82) is 0 Å². The molecular weight excluding hydrogens is 231 g/mol. The molecule has 2 rings (SSSR count). The Morgan fingerprint density at radius 1 is 1.53 bits per heavy atom. The van der Waals surface area contributed by atoms with Gasteiger partial charge in [-0.2, -0.15) is 0 Å². The van der Waals surface area contributed by atoms with E-state index in [9.17, 15) is 14.8 Å². The summed E-state index contributed by atoms with van der Waals surface area (Å²) < 4.78 is -0.787. The van der Waals surface area contributed by atoms with Gasteiger partial charge in [-0.1, -0.05) is 12.1 Å². The first-order valence-corrected chi connectivity index (χ1v) is 6.13. The average Bonchev–Trinajstić information content (AvgIpc) is 2.87. The monoisotopic (exact) mass is 240 g/mol. The van der Waals surface area contributed by atoms with Gasteiger partial charge in [-0.25, -0.2) is 0 Å². The molecule has 0 amide bonds. The van der Waals surface area contributed by atoms with Gasteiger partial charge in [0, 0.05) is 9.78 Å². The summed E-state index contributed by atoms with van der Waals surface area (Å²) in [5.74, 6) is 0. The Hall–Kier alpha value is -0.555. The minimum Gasteiger partial charge on any atom is -0.426 e. The molecule has 0 radical (unpaired) electrons. The lowest BCUT2D eigenvalue weighted by Crippen LogP contribution is -2.38. The van der Waals surface area contributed by atoms with E-state index in [0.29, 0.717) is 11.3 Å². The van der Waals surface area contributed by atoms with E-state index in [0.717, 1.165) is 11.2 Å². The number of aldehydes is 1. The number of thioether (sulfide) groups is 1. The van der Waals surface area contributed by atoms with Crippen LogP contribution in [0.4, 0.5) is 0 Å². The summed E-state index contributed by atoms with van der Waals surface area (Å²) in [4.78, 5) is 12.1. The van der Waals surface area contributed by atoms with Crippen LogP contribution in [0, 0.1) is 0 Å². The Morgan fingerprint density at radius 2 is 2.33 bits per heavy atom. The van der Waals surface area contributed by atoms with Crippen molar-refractivity contribution in [2.45, 2.75) is 11.1 Å². The number of hydrogen-bond acceptors (Lipinski definition) is 5. The second kappa shape index (κ2) is 4.13. The van der Waals surface area contributed by atoms with Crippen molar-refractivity contribution in [2.24, 2.45) is 0 Å². The molecule has 1 aromatic heterocycles. The van der Waals surface area contributed by atoms with Gasteiger partial charge in [-0.3, -0.25) is 4.79 Å². The molecule has 2 heterocycles. The fourth-order valence-corrected chi connectivity index (χ4v) is 3.77. The molecule has 1 atom stereocenters. The molecule has 0 fully saturated rings. The highest BCUT2D eigenvalue weighted by atomic mass is 32.2. The molecule has 1 aromatic rings. The first kappa shape index (κ1) is 10.9. The molecule has 1 aliphatic rings. The first-order chi connectivity index (χ1) is 7.19. The summed E-state index contributed by atoms with van der Waals surface area (Å²) in [7, 11) is -1.46. The molecule has 0 aromatic carbocycles. The molecule has 0 aliphatic carbocycles. The SMILES string of the molecule is O=CC1=CCC(B(O)O)(c2cccs2)S1. The number of carbonyl (C=O) groups excluding carboxylic acids is 1. The normalized spacial score (nSPS) is 25.1. The Kier molecular flexibility index (Phi) is 3.02. The van der Waals surface area contributed by atoms with Gasteiger partial charge in [0.05, 0.1) is 4.65 Å². The van der Waals surface area contributed by atoms with Crippen molar-refractivity contribution >= 4 is 36.5 Å². The third-order valence-corrected chi connectivity index (χ3v) is 5.01. The second-order valence-corrected chi connectivity index (χ2v) is 5.62. The van der Waals surface area contributed by atoms with E-state index in [-0.39, 0.29) is 0 Å². The highest BCUT2D eigenvalue weighted by Gasteiger charge is 2.48. The largest absolute Gasteiger partial charge is 0.475 e. The Bertz CT molecular complexity index is 388. The molecule has 2 N–H and O–H groups in total. The van der Waals surface area contributed by atoms with Crippen LogP contribution < -0.4 is 0 Å². The van der Waals surface area contributed by atoms with Crippen LogP contribution in [0.5, 0.6) is 0 Å². The Labute approximate surface area is 96.0 Å². The van der Waals surface area contributed by atoms with Crippen molar-refractivity contribution in [3.05, 3.63) is 33.4 Å². The number of rotatable bonds is 3. The van der Waals surface area contributed by atoms with Crippen LogP contribution in [0.1, 0.15) is 11.3 Å². The van der Waals surface area contributed by atoms with E-state index in [2.05, 4.69) is 0 Å². The zero-order chi connectivity index (χ0) is 10.9. The average molecular weight is 240 g/mol. The van der Waals surface area contributed by atoms with Crippen LogP contribution >= 0.6 is 23.1 Å². The quantitative estimate of drug-likeness (QED) is 0.615. The van der Waals surface area contributed by atoms with E-state index in [4.69, 9.17) is 0 Å². The Morgan fingerprint density at radius 3 is 2.80 bits per heavy atom. The molecule has 0 saturated heterocycles. The molecule has 3 nitrogen and oxygen atoms in total. The van der Waals surface area contributed by atoms with Crippen LogP contribution in [0.2, 0.25) is 0 Å². The predicted molar refractivity (Wildman–Crippen MR) is 62.5 cm³/mol. The summed E-state index contributed by atoms with van der Waals surface area (Å²) >= 11 is 2.70. The lowest BCUT2D eigenvalue weighted by atomic mass is 9.69. The maximum atomic E-state index is 10.6. The van der Waals surface area contributed by atoms with Gasteiger partial charge in [-0.15, -0.1) is 23.1 Å². The number of allylic oxidation sites excluding steroid dienone is 2. The highest BCUT2D eigenvalue weighted by molar-refractivity contribution is 8.06. The first-order valence-electron chi connectivity index (χ1n) is 4.43. The lowest BCUT2D eigenvalue weighted by Gasteiger charge is -2.25. The number of carbonyl (C=O) groups is 1. The third-order valence-electron chi connectivity index (χ3n) is 2.38. The predicted octanol–water partition coefficient (Wildman–Crippen LogP) is 1.18. The van der Waals surface area contributed by atoms with E-state index in [1.165, 1.54) is 23.1 Å². The molecule has 0 bridgehead atoms. The van der Waals surface area contributed by atoms with Crippen molar-refractivity contribution in [1.82, 2.24) is 0 Å². The van der Waals surface area contributed by atoms with Crippen LogP contribution in [-0.4, -0.2) is 23.5 Å². The minimum absolute atomic E-state index is 0.476. The van der Waals surface area contributed by atoms with Gasteiger partial charge in [0.15, 0.2) is 6.29 Å². The highest BCUT2D eigenvalue weighted by Crippen LogP contribution is 2.50. The summed E-state index contributed by atoms with van der Waals surface area (Å²) in [5, 5.41) is 20.8. The number of thiophene rings is 1. The maximum absolute atomic E-state index is 10.6. The molecule has 0 saturated carbocycles. The number of hydrogen-bond donors (Lipinski definition) is 2. The van der Waals surface area contributed by atoms with Gasteiger partial charge >= 0.3 is 7.12 Å². The van der Waals surface area contributed by atoms with Crippen LogP contribution in [-0.2, 0) is 9.44 Å². The third kappa shape index (κ3) is 1.78. The van der Waals surface area contributed by atoms with E-state index < -0.39 is 11.8 Å². The van der Waals surface area contributed by atoms with Crippen LogP contribution in [0.3, 0.4) is 0 Å². The van der Waals surface area contributed by atoms with Crippen molar-refractivity contribution in [3.63, 3.8) is 0 Å². The lowest BCUT2D eigenvalue weighted by molar-refractivity contribution is -0.104. The standard InChI is InChI=1S/C9H9BO3S2/c11-6-7-3-4-9(15-7,10(12)13)8-2-1-5-14-8/h1-3,5-6,12-13H,4H2. The molecular formula is C9H9BO3S2. The van der Waals surface area contributed by atoms with Crippen LogP contribution in [0.15, 0.2) is 28.5 Å². The van der Waals surface area contributed by atoms with Crippen LogP contribution in [0.25, 0.3) is 0 Å². The minimum atomic E-state index is -1.46. The van der Waals surface area contributed by atoms with E-state index in [1.807, 2.05) is 17.5 Å². The molecule has 1 unspecified atom stereocenters. The zero-order valence-electron chi connectivity index (χ0n) is 7.79. The van der Waals surface area contributed by atoms with Gasteiger partial charge < -0.3 is 10.0 Å². The van der Waals surface area contributed by atoms with E-state index in [1.54, 1.807) is 6.08 Å². The van der Waals surface area contributed by atoms with Crippen molar-refractivity contribution < 1.29 is 14.8 Å². The molecule has 0 spiro atoms. The topological polar surface area (TPSA) is 57.5 Å². The Balaban J connectivity index is 2.34. The van der Waals surface area contributed by atoms with Crippen molar-refractivity contribution in [3.8, 4) is 0 Å². The fourth-order valence-electron chi connectivity index (χ4n) is 1.57. The summed E-state index contributed by atoms with van der Waals surface area (Å²) in [6, 6.07) is 3.72. The summed E-state index contributed by atoms with van der Waals surface area (Å²) in [6.07, 6.45) is 2.98. The maximum Gasteiger partial charge on any atom is 0.475 e. The van der Waals surface area contributed by atoms with Gasteiger partial charge in [0.1, 0.15) is 0 Å². The van der Waals surface area contributed by atoms with Gasteiger partial charge in [-0.05, 0) is 17.9 Å². The molecule has 6 heteroatoms. The molecule has 78 valence electrons. The zero-order valence-corrected chi connectivity index (χ0v) is 9.42. The van der Waals surface area contributed by atoms with Gasteiger partial charge in [0.25, 0.3) is 0 Å². The smallest absolute Gasteiger partial charge is 0.426 e. The molecule has 1 aliphatic heterocycles. The van der Waals surface area contributed by atoms with Gasteiger partial charge in [0.2, 0.25) is 0 Å². The molecule has 15 heavy (non-hydrogen) atoms. The van der Waals surface area contributed by atoms with Crippen molar-refractivity contribution in [2.75, 3.05) is 0 Å². The second-order valence-electron chi connectivity index (χ2n) is 3.27. The fraction of sp³-hybridized carbons (Fsp3) is 0.222. The summed E-state index contributed by atoms with van der Waals surface area (Å²) in [5.41, 5.74) is 0. The van der Waals surface area contributed by atoms with E-state index >= 15 is 0 Å². The summed E-state index contributed by atoms with van der Waals surface area (Å²) in [6.45, 7) is 0.